The Hall–Kier alpha value is -2.90. The minimum atomic E-state index is -4.43. The average Bonchev–Trinajstić information content (AvgIpc) is 2.63. The van der Waals surface area contributed by atoms with Crippen LogP contribution in [0.5, 0.6) is 11.5 Å². The molecule has 2 rings (SSSR count). The normalized spacial score (nSPS) is 10.9. The molecular formula is C18H19F3N2O3. The molecular weight excluding hydrogens is 349 g/mol. The average molecular weight is 368 g/mol. The standard InChI is InChI=1S/C18H19F3N2O3/c1-25-14-6-4-5-13(9-14)10-23-17(24)11-22-15-7-2-3-8-16(15)26-12-18(19,20)21/h2-9,22H,10-12H2,1H3,(H,23,24). The number of ether oxygens (including phenoxy) is 2. The van der Waals surface area contributed by atoms with E-state index in [1.54, 1.807) is 37.4 Å². The van der Waals surface area contributed by atoms with Gasteiger partial charge >= 0.3 is 6.18 Å². The lowest BCUT2D eigenvalue weighted by Gasteiger charge is -2.14. The number of anilines is 1. The summed E-state index contributed by atoms with van der Waals surface area (Å²) in [6.07, 6.45) is -4.43. The van der Waals surface area contributed by atoms with Gasteiger partial charge in [0.2, 0.25) is 5.91 Å². The fourth-order valence-electron chi connectivity index (χ4n) is 2.12. The number of carbonyl (C=O) groups is 1. The molecule has 0 aliphatic heterocycles. The molecule has 0 aliphatic carbocycles. The molecule has 0 heterocycles. The molecule has 2 aromatic rings. The van der Waals surface area contributed by atoms with Crippen molar-refractivity contribution in [1.82, 2.24) is 5.32 Å². The first-order chi connectivity index (χ1) is 12.4. The van der Waals surface area contributed by atoms with Gasteiger partial charge in [-0.2, -0.15) is 13.2 Å². The summed E-state index contributed by atoms with van der Waals surface area (Å²) in [6, 6.07) is 13.4. The van der Waals surface area contributed by atoms with Gasteiger partial charge in [-0.1, -0.05) is 24.3 Å². The Balaban J connectivity index is 1.85. The summed E-state index contributed by atoms with van der Waals surface area (Å²) in [4.78, 5) is 11.9. The maximum absolute atomic E-state index is 12.3. The first-order valence-electron chi connectivity index (χ1n) is 7.79. The predicted octanol–water partition coefficient (Wildman–Crippen LogP) is 3.36. The van der Waals surface area contributed by atoms with Crippen LogP contribution in [-0.4, -0.2) is 32.3 Å². The zero-order valence-corrected chi connectivity index (χ0v) is 14.1. The van der Waals surface area contributed by atoms with Crippen LogP contribution in [0, 0.1) is 0 Å². The van der Waals surface area contributed by atoms with Crippen LogP contribution in [0.25, 0.3) is 0 Å². The highest BCUT2D eigenvalue weighted by Gasteiger charge is 2.28. The van der Waals surface area contributed by atoms with Crippen molar-refractivity contribution in [1.29, 1.82) is 0 Å². The predicted molar refractivity (Wildman–Crippen MR) is 91.3 cm³/mol. The van der Waals surface area contributed by atoms with Crippen LogP contribution in [0.1, 0.15) is 5.56 Å². The molecule has 0 spiro atoms. The Kier molecular flexibility index (Phi) is 6.71. The maximum atomic E-state index is 12.3. The van der Waals surface area contributed by atoms with Crippen molar-refractivity contribution in [2.45, 2.75) is 12.7 Å². The van der Waals surface area contributed by atoms with Crippen LogP contribution in [0.15, 0.2) is 48.5 Å². The third kappa shape index (κ3) is 6.54. The van der Waals surface area contributed by atoms with Crippen LogP contribution in [0.2, 0.25) is 0 Å². The molecule has 5 nitrogen and oxygen atoms in total. The quantitative estimate of drug-likeness (QED) is 0.750. The number of para-hydroxylation sites is 2. The topological polar surface area (TPSA) is 59.6 Å². The second-order valence-electron chi connectivity index (χ2n) is 5.38. The summed E-state index contributed by atoms with van der Waals surface area (Å²) >= 11 is 0. The second-order valence-corrected chi connectivity index (χ2v) is 5.38. The van der Waals surface area contributed by atoms with Gasteiger partial charge in [0.05, 0.1) is 19.3 Å². The van der Waals surface area contributed by atoms with Crippen LogP contribution in [-0.2, 0) is 11.3 Å². The van der Waals surface area contributed by atoms with Crippen LogP contribution in [0.4, 0.5) is 18.9 Å². The SMILES string of the molecule is COc1cccc(CNC(=O)CNc2ccccc2OCC(F)(F)F)c1. The van der Waals surface area contributed by atoms with Crippen molar-refractivity contribution in [3.05, 3.63) is 54.1 Å². The van der Waals surface area contributed by atoms with Crippen LogP contribution >= 0.6 is 0 Å². The molecule has 2 aromatic carbocycles. The molecule has 0 aliphatic rings. The number of halogens is 3. The van der Waals surface area contributed by atoms with Gasteiger partial charge in [-0.05, 0) is 29.8 Å². The van der Waals surface area contributed by atoms with Crippen molar-refractivity contribution < 1.29 is 27.4 Å². The fourth-order valence-corrected chi connectivity index (χ4v) is 2.12. The minimum absolute atomic E-state index is 0.0328. The smallest absolute Gasteiger partial charge is 0.422 e. The van der Waals surface area contributed by atoms with Gasteiger partial charge < -0.3 is 20.1 Å². The molecule has 26 heavy (non-hydrogen) atoms. The van der Waals surface area contributed by atoms with E-state index in [-0.39, 0.29) is 18.2 Å². The second kappa shape index (κ2) is 8.98. The molecule has 140 valence electrons. The molecule has 2 N–H and O–H groups in total. The van der Waals surface area contributed by atoms with Gasteiger partial charge in [0.15, 0.2) is 6.61 Å². The number of hydrogen-bond donors (Lipinski definition) is 2. The van der Waals surface area contributed by atoms with E-state index in [2.05, 4.69) is 10.6 Å². The van der Waals surface area contributed by atoms with Crippen molar-refractivity contribution in [2.75, 3.05) is 25.6 Å². The van der Waals surface area contributed by atoms with Gasteiger partial charge in [-0.15, -0.1) is 0 Å². The van der Waals surface area contributed by atoms with E-state index in [9.17, 15) is 18.0 Å². The number of nitrogens with one attached hydrogen (secondary N) is 2. The molecule has 0 unspecified atom stereocenters. The lowest BCUT2D eigenvalue weighted by atomic mass is 10.2. The summed E-state index contributed by atoms with van der Waals surface area (Å²) < 4.78 is 46.7. The molecule has 1 amide bonds. The summed E-state index contributed by atoms with van der Waals surface area (Å²) in [6.45, 7) is -1.19. The third-order valence-corrected chi connectivity index (χ3v) is 3.34. The van der Waals surface area contributed by atoms with Gasteiger partial charge in [-0.25, -0.2) is 0 Å². The Morgan fingerprint density at radius 1 is 1.12 bits per heavy atom. The molecule has 0 aromatic heterocycles. The number of alkyl halides is 3. The molecule has 0 saturated heterocycles. The first kappa shape index (κ1) is 19.4. The Labute approximate surface area is 149 Å². The molecule has 0 bridgehead atoms. The Bertz CT molecular complexity index is 736. The third-order valence-electron chi connectivity index (χ3n) is 3.34. The molecule has 0 fully saturated rings. The summed E-state index contributed by atoms with van der Waals surface area (Å²) in [5.41, 5.74) is 1.18. The highest BCUT2D eigenvalue weighted by molar-refractivity contribution is 5.81. The van der Waals surface area contributed by atoms with E-state index in [0.717, 1.165) is 5.56 Å². The summed E-state index contributed by atoms with van der Waals surface area (Å²) in [5, 5.41) is 5.50. The summed E-state index contributed by atoms with van der Waals surface area (Å²) in [5.74, 6) is 0.412. The van der Waals surface area contributed by atoms with Gasteiger partial charge in [0.25, 0.3) is 0 Å². The van der Waals surface area contributed by atoms with Crippen molar-refractivity contribution in [3.63, 3.8) is 0 Å². The van der Waals surface area contributed by atoms with Gasteiger partial charge in [0.1, 0.15) is 11.5 Å². The van der Waals surface area contributed by atoms with E-state index in [0.29, 0.717) is 18.0 Å². The number of amides is 1. The molecule has 0 radical (unpaired) electrons. The highest BCUT2D eigenvalue weighted by Crippen LogP contribution is 2.26. The van der Waals surface area contributed by atoms with Gasteiger partial charge in [0, 0.05) is 6.54 Å². The van der Waals surface area contributed by atoms with E-state index in [1.165, 1.54) is 6.07 Å². The Morgan fingerprint density at radius 2 is 1.88 bits per heavy atom. The number of carbonyl (C=O) groups excluding carboxylic acids is 1. The van der Waals surface area contributed by atoms with E-state index >= 15 is 0 Å². The minimum Gasteiger partial charge on any atom is -0.497 e. The van der Waals surface area contributed by atoms with Gasteiger partial charge in [-0.3, -0.25) is 4.79 Å². The van der Waals surface area contributed by atoms with Crippen molar-refractivity contribution >= 4 is 11.6 Å². The maximum Gasteiger partial charge on any atom is 0.422 e. The monoisotopic (exact) mass is 368 g/mol. The van der Waals surface area contributed by atoms with Crippen molar-refractivity contribution in [2.24, 2.45) is 0 Å². The highest BCUT2D eigenvalue weighted by atomic mass is 19.4. The van der Waals surface area contributed by atoms with E-state index in [1.807, 2.05) is 12.1 Å². The lowest BCUT2D eigenvalue weighted by molar-refractivity contribution is -0.153. The van der Waals surface area contributed by atoms with Crippen LogP contribution in [0.3, 0.4) is 0 Å². The Morgan fingerprint density at radius 3 is 2.62 bits per heavy atom. The van der Waals surface area contributed by atoms with Crippen LogP contribution < -0.4 is 20.1 Å². The zero-order valence-electron chi connectivity index (χ0n) is 14.1. The number of hydrogen-bond acceptors (Lipinski definition) is 4. The zero-order chi connectivity index (χ0) is 19.0. The molecule has 0 atom stereocenters. The number of benzene rings is 2. The molecule has 0 saturated carbocycles. The van der Waals surface area contributed by atoms with E-state index < -0.39 is 12.8 Å². The number of methoxy groups -OCH3 is 1. The first-order valence-corrected chi connectivity index (χ1v) is 7.79. The fraction of sp³-hybridized carbons (Fsp3) is 0.278. The van der Waals surface area contributed by atoms with E-state index in [4.69, 9.17) is 9.47 Å². The lowest BCUT2D eigenvalue weighted by Crippen LogP contribution is -2.29. The van der Waals surface area contributed by atoms with Crippen molar-refractivity contribution in [3.8, 4) is 11.5 Å². The molecule has 8 heteroatoms. The number of rotatable bonds is 8. The summed E-state index contributed by atoms with van der Waals surface area (Å²) in [7, 11) is 1.56. The largest absolute Gasteiger partial charge is 0.497 e.